The van der Waals surface area contributed by atoms with Gasteiger partial charge < -0.3 is 5.32 Å². The summed E-state index contributed by atoms with van der Waals surface area (Å²) < 4.78 is 0. The maximum atomic E-state index is 11.8. The van der Waals surface area contributed by atoms with Gasteiger partial charge in [0.1, 0.15) is 5.78 Å². The maximum absolute atomic E-state index is 11.8. The summed E-state index contributed by atoms with van der Waals surface area (Å²) in [5, 5.41) is 3.44. The Morgan fingerprint density at radius 3 is 2.42 bits per heavy atom. The summed E-state index contributed by atoms with van der Waals surface area (Å²) in [4.78, 5) is 11.8. The number of rotatable bonds is 11. The van der Waals surface area contributed by atoms with Gasteiger partial charge >= 0.3 is 0 Å². The van der Waals surface area contributed by atoms with Crippen LogP contribution in [0.3, 0.4) is 0 Å². The molecule has 1 aliphatic heterocycles. The lowest BCUT2D eigenvalue weighted by Crippen LogP contribution is -2.38. The second-order valence-electron chi connectivity index (χ2n) is 5.69. The van der Waals surface area contributed by atoms with Crippen LogP contribution in [0.15, 0.2) is 0 Å². The lowest BCUT2D eigenvalue weighted by molar-refractivity contribution is -0.119. The van der Waals surface area contributed by atoms with E-state index in [0.29, 0.717) is 11.8 Å². The van der Waals surface area contributed by atoms with Gasteiger partial charge in [-0.25, -0.2) is 0 Å². The number of thioether (sulfide) groups is 1. The van der Waals surface area contributed by atoms with E-state index in [4.69, 9.17) is 0 Å². The SMILES string of the molecule is CCCCCCCCCCC(=O)CC1CSCCN1. The Balaban J connectivity index is 1.87. The van der Waals surface area contributed by atoms with E-state index in [1.807, 2.05) is 11.8 Å². The smallest absolute Gasteiger partial charge is 0.134 e. The number of nitrogens with one attached hydrogen (secondary N) is 1. The van der Waals surface area contributed by atoms with Crippen molar-refractivity contribution in [2.45, 2.75) is 77.2 Å². The van der Waals surface area contributed by atoms with Crippen LogP contribution in [0.5, 0.6) is 0 Å². The monoisotopic (exact) mass is 285 g/mol. The highest BCUT2D eigenvalue weighted by Crippen LogP contribution is 2.13. The van der Waals surface area contributed by atoms with Gasteiger partial charge in [0, 0.05) is 36.9 Å². The van der Waals surface area contributed by atoms with Crippen molar-refractivity contribution in [3.8, 4) is 0 Å². The molecule has 0 bridgehead atoms. The highest BCUT2D eigenvalue weighted by atomic mass is 32.2. The van der Waals surface area contributed by atoms with Crippen molar-refractivity contribution in [2.75, 3.05) is 18.1 Å². The van der Waals surface area contributed by atoms with E-state index in [1.54, 1.807) is 0 Å². The van der Waals surface area contributed by atoms with E-state index in [9.17, 15) is 4.79 Å². The van der Waals surface area contributed by atoms with Gasteiger partial charge in [-0.1, -0.05) is 51.9 Å². The van der Waals surface area contributed by atoms with Gasteiger partial charge in [0.25, 0.3) is 0 Å². The highest BCUT2D eigenvalue weighted by molar-refractivity contribution is 7.99. The summed E-state index contributed by atoms with van der Waals surface area (Å²) in [5.41, 5.74) is 0. The zero-order valence-corrected chi connectivity index (χ0v) is 13.4. The second kappa shape index (κ2) is 11.8. The second-order valence-corrected chi connectivity index (χ2v) is 6.84. The molecular formula is C16H31NOS. The van der Waals surface area contributed by atoms with Crippen LogP contribution in [0, 0.1) is 0 Å². The Labute approximate surface area is 123 Å². The Bertz CT molecular complexity index is 227. The topological polar surface area (TPSA) is 29.1 Å². The van der Waals surface area contributed by atoms with E-state index < -0.39 is 0 Å². The average molecular weight is 285 g/mol. The highest BCUT2D eigenvalue weighted by Gasteiger charge is 2.16. The predicted molar refractivity (Wildman–Crippen MR) is 86.0 cm³/mol. The normalized spacial score (nSPS) is 19.5. The van der Waals surface area contributed by atoms with Crippen molar-refractivity contribution in [3.05, 3.63) is 0 Å². The predicted octanol–water partition coefficient (Wildman–Crippen LogP) is 4.18. The molecule has 0 spiro atoms. The molecule has 112 valence electrons. The molecule has 0 saturated carbocycles. The summed E-state index contributed by atoms with van der Waals surface area (Å²) in [6.07, 6.45) is 12.0. The standard InChI is InChI=1S/C16H31NOS/c1-2-3-4-5-6-7-8-9-10-16(18)13-15-14-19-12-11-17-15/h15,17H,2-14H2,1H3. The number of unbranched alkanes of at least 4 members (excludes halogenated alkanes) is 7. The van der Waals surface area contributed by atoms with Crippen LogP contribution in [0.25, 0.3) is 0 Å². The molecule has 3 heteroatoms. The summed E-state index contributed by atoms with van der Waals surface area (Å²) in [6, 6.07) is 0.445. The number of Topliss-reactive ketones (excluding diaryl/α,β-unsaturated/α-hetero) is 1. The Morgan fingerprint density at radius 1 is 1.11 bits per heavy atom. The first-order valence-electron chi connectivity index (χ1n) is 8.15. The molecule has 19 heavy (non-hydrogen) atoms. The fraction of sp³-hybridized carbons (Fsp3) is 0.938. The van der Waals surface area contributed by atoms with Crippen molar-refractivity contribution in [1.29, 1.82) is 0 Å². The lowest BCUT2D eigenvalue weighted by Gasteiger charge is -2.22. The van der Waals surface area contributed by atoms with Crippen LogP contribution >= 0.6 is 11.8 Å². The number of carbonyl (C=O) groups is 1. The largest absolute Gasteiger partial charge is 0.312 e. The fourth-order valence-electron chi connectivity index (χ4n) is 2.58. The van der Waals surface area contributed by atoms with E-state index in [2.05, 4.69) is 12.2 Å². The molecule has 1 heterocycles. The fourth-order valence-corrected chi connectivity index (χ4v) is 3.53. The van der Waals surface area contributed by atoms with Crippen LogP contribution in [0.4, 0.5) is 0 Å². The van der Waals surface area contributed by atoms with Gasteiger partial charge in [-0.15, -0.1) is 0 Å². The Hall–Kier alpha value is -0.0200. The number of ketones is 1. The Kier molecular flexibility index (Phi) is 10.6. The lowest BCUT2D eigenvalue weighted by atomic mass is 10.0. The van der Waals surface area contributed by atoms with Gasteiger partial charge in [-0.3, -0.25) is 4.79 Å². The molecule has 1 saturated heterocycles. The van der Waals surface area contributed by atoms with Gasteiger partial charge in [-0.05, 0) is 6.42 Å². The molecule has 0 aromatic heterocycles. The van der Waals surface area contributed by atoms with Crippen LogP contribution in [-0.2, 0) is 4.79 Å². The minimum absolute atomic E-state index is 0.445. The van der Waals surface area contributed by atoms with Gasteiger partial charge in [0.2, 0.25) is 0 Å². The third-order valence-corrected chi connectivity index (χ3v) is 4.91. The third-order valence-electron chi connectivity index (χ3n) is 3.78. The van der Waals surface area contributed by atoms with Crippen LogP contribution in [-0.4, -0.2) is 29.9 Å². The molecule has 1 rings (SSSR count). The summed E-state index contributed by atoms with van der Waals surface area (Å²) >= 11 is 1.97. The van der Waals surface area contributed by atoms with Crippen LogP contribution in [0.2, 0.25) is 0 Å². The van der Waals surface area contributed by atoms with Crippen molar-refractivity contribution < 1.29 is 4.79 Å². The van der Waals surface area contributed by atoms with E-state index >= 15 is 0 Å². The van der Waals surface area contributed by atoms with E-state index in [0.717, 1.165) is 31.6 Å². The van der Waals surface area contributed by atoms with Crippen molar-refractivity contribution >= 4 is 17.5 Å². The molecule has 1 fully saturated rings. The average Bonchev–Trinajstić information content (AvgIpc) is 2.43. The first-order chi connectivity index (χ1) is 9.33. The first-order valence-corrected chi connectivity index (χ1v) is 9.31. The molecule has 0 aromatic carbocycles. The molecule has 1 N–H and O–H groups in total. The van der Waals surface area contributed by atoms with E-state index in [-0.39, 0.29) is 0 Å². The van der Waals surface area contributed by atoms with Crippen LogP contribution < -0.4 is 5.32 Å². The molecule has 0 aliphatic carbocycles. The molecule has 1 atom stereocenters. The minimum atomic E-state index is 0.445. The molecule has 0 amide bonds. The maximum Gasteiger partial charge on any atom is 0.134 e. The van der Waals surface area contributed by atoms with Gasteiger partial charge in [0.15, 0.2) is 0 Å². The molecule has 1 unspecified atom stereocenters. The summed E-state index contributed by atoms with van der Waals surface area (Å²) in [6.45, 7) is 3.33. The van der Waals surface area contributed by atoms with Crippen molar-refractivity contribution in [3.63, 3.8) is 0 Å². The number of carbonyl (C=O) groups excluding carboxylic acids is 1. The van der Waals surface area contributed by atoms with Gasteiger partial charge in [0.05, 0.1) is 0 Å². The molecule has 0 radical (unpaired) electrons. The molecule has 2 nitrogen and oxygen atoms in total. The molecular weight excluding hydrogens is 254 g/mol. The zero-order chi connectivity index (χ0) is 13.8. The van der Waals surface area contributed by atoms with Crippen molar-refractivity contribution in [1.82, 2.24) is 5.32 Å². The molecule has 0 aromatic rings. The first kappa shape index (κ1) is 17.0. The minimum Gasteiger partial charge on any atom is -0.312 e. The number of hydrogen-bond donors (Lipinski definition) is 1. The zero-order valence-electron chi connectivity index (χ0n) is 12.6. The number of hydrogen-bond acceptors (Lipinski definition) is 3. The quantitative estimate of drug-likeness (QED) is 0.577. The van der Waals surface area contributed by atoms with Gasteiger partial charge in [-0.2, -0.15) is 11.8 Å². The summed E-state index contributed by atoms with van der Waals surface area (Å²) in [5.74, 6) is 2.78. The summed E-state index contributed by atoms with van der Waals surface area (Å²) in [7, 11) is 0. The Morgan fingerprint density at radius 2 is 1.79 bits per heavy atom. The third kappa shape index (κ3) is 9.50. The molecule has 1 aliphatic rings. The van der Waals surface area contributed by atoms with Crippen LogP contribution in [0.1, 0.15) is 71.1 Å². The van der Waals surface area contributed by atoms with Crippen molar-refractivity contribution in [2.24, 2.45) is 0 Å². The van der Waals surface area contributed by atoms with E-state index in [1.165, 1.54) is 50.7 Å².